The minimum Gasteiger partial charge on any atom is -0.507 e. The van der Waals surface area contributed by atoms with Crippen LogP contribution in [-0.2, 0) is 14.3 Å². The summed E-state index contributed by atoms with van der Waals surface area (Å²) in [5.74, 6) is -0.963. The standard InChI is InChI=1S/C24H28N2O5/c1-3-4-14-31-19-10-5-8-17(15-19)22(27)20-21(18-9-6-11-25-16-18)26(12-7-13-30-2)24(29)23(20)28/h5-6,8-11,15-16,21,27H,3-4,7,12-14H2,1-2H3/b22-20+. The number of aliphatic hydroxyl groups is 1. The molecule has 1 aliphatic heterocycles. The number of hydrogen-bond donors (Lipinski definition) is 1. The van der Waals surface area contributed by atoms with Crippen LogP contribution in [0.2, 0.25) is 0 Å². The molecule has 1 atom stereocenters. The Balaban J connectivity index is 2.01. The maximum absolute atomic E-state index is 13.0. The van der Waals surface area contributed by atoms with Crippen molar-refractivity contribution in [2.75, 3.05) is 26.9 Å². The Morgan fingerprint density at radius 3 is 2.71 bits per heavy atom. The van der Waals surface area contributed by atoms with Gasteiger partial charge in [0.2, 0.25) is 0 Å². The van der Waals surface area contributed by atoms with Crippen LogP contribution in [0.25, 0.3) is 5.76 Å². The number of ether oxygens (including phenoxy) is 2. The lowest BCUT2D eigenvalue weighted by molar-refractivity contribution is -0.140. The number of carbonyl (C=O) groups is 2. The molecule has 1 N–H and O–H groups in total. The Morgan fingerprint density at radius 2 is 2.00 bits per heavy atom. The van der Waals surface area contributed by atoms with Gasteiger partial charge in [0, 0.05) is 38.2 Å². The third-order valence-corrected chi connectivity index (χ3v) is 5.16. The number of unbranched alkanes of at least 4 members (excludes halogenated alkanes) is 1. The Labute approximate surface area is 182 Å². The molecule has 0 aliphatic carbocycles. The third-order valence-electron chi connectivity index (χ3n) is 5.16. The highest BCUT2D eigenvalue weighted by atomic mass is 16.5. The molecule has 1 amide bonds. The Bertz CT molecular complexity index is 942. The summed E-state index contributed by atoms with van der Waals surface area (Å²) >= 11 is 0. The number of pyridine rings is 1. The third kappa shape index (κ3) is 5.11. The topological polar surface area (TPSA) is 89.0 Å². The smallest absolute Gasteiger partial charge is 0.295 e. The molecule has 1 unspecified atom stereocenters. The van der Waals surface area contributed by atoms with Gasteiger partial charge in [-0.15, -0.1) is 0 Å². The van der Waals surface area contributed by atoms with Crippen LogP contribution in [0.3, 0.4) is 0 Å². The van der Waals surface area contributed by atoms with Gasteiger partial charge in [-0.1, -0.05) is 31.5 Å². The monoisotopic (exact) mass is 424 g/mol. The van der Waals surface area contributed by atoms with E-state index in [1.165, 1.54) is 4.90 Å². The zero-order valence-electron chi connectivity index (χ0n) is 17.9. The molecule has 3 rings (SSSR count). The van der Waals surface area contributed by atoms with Gasteiger partial charge in [-0.05, 0) is 36.6 Å². The van der Waals surface area contributed by atoms with Crippen molar-refractivity contribution in [3.8, 4) is 5.75 Å². The van der Waals surface area contributed by atoms with Crippen LogP contribution in [0, 0.1) is 0 Å². The number of benzene rings is 1. The van der Waals surface area contributed by atoms with Gasteiger partial charge in [-0.2, -0.15) is 0 Å². The van der Waals surface area contributed by atoms with E-state index in [0.29, 0.717) is 43.1 Å². The molecule has 0 bridgehead atoms. The van der Waals surface area contributed by atoms with Crippen molar-refractivity contribution in [2.24, 2.45) is 0 Å². The number of likely N-dealkylation sites (tertiary alicyclic amines) is 1. The van der Waals surface area contributed by atoms with Crippen LogP contribution in [0.4, 0.5) is 0 Å². The number of methoxy groups -OCH3 is 1. The van der Waals surface area contributed by atoms with Crippen molar-refractivity contribution in [2.45, 2.75) is 32.2 Å². The van der Waals surface area contributed by atoms with Gasteiger partial charge in [-0.25, -0.2) is 0 Å². The quantitative estimate of drug-likeness (QED) is 0.271. The lowest BCUT2D eigenvalue weighted by Crippen LogP contribution is -2.31. The minimum atomic E-state index is -0.713. The van der Waals surface area contributed by atoms with Gasteiger partial charge in [0.25, 0.3) is 11.7 Å². The van der Waals surface area contributed by atoms with Crippen LogP contribution in [0.15, 0.2) is 54.4 Å². The first-order chi connectivity index (χ1) is 15.1. The highest BCUT2D eigenvalue weighted by Crippen LogP contribution is 2.39. The summed E-state index contributed by atoms with van der Waals surface area (Å²) < 4.78 is 10.8. The van der Waals surface area contributed by atoms with Crippen molar-refractivity contribution in [1.29, 1.82) is 0 Å². The normalized spacial score (nSPS) is 17.9. The largest absolute Gasteiger partial charge is 0.507 e. The van der Waals surface area contributed by atoms with E-state index >= 15 is 0 Å². The summed E-state index contributed by atoms with van der Waals surface area (Å²) in [4.78, 5) is 31.4. The van der Waals surface area contributed by atoms with E-state index in [1.807, 2.05) is 0 Å². The summed E-state index contributed by atoms with van der Waals surface area (Å²) in [7, 11) is 1.59. The number of nitrogens with zero attached hydrogens (tertiary/aromatic N) is 2. The highest BCUT2D eigenvalue weighted by molar-refractivity contribution is 6.46. The number of carbonyl (C=O) groups excluding carboxylic acids is 2. The van der Waals surface area contributed by atoms with Gasteiger partial charge in [0.1, 0.15) is 11.5 Å². The molecule has 1 saturated heterocycles. The van der Waals surface area contributed by atoms with Gasteiger partial charge < -0.3 is 19.5 Å². The maximum atomic E-state index is 13.0. The Kier molecular flexibility index (Phi) is 7.78. The molecule has 0 spiro atoms. The minimum absolute atomic E-state index is 0.0566. The van der Waals surface area contributed by atoms with Gasteiger partial charge in [-0.3, -0.25) is 14.6 Å². The molecule has 1 fully saturated rings. The second-order valence-electron chi connectivity index (χ2n) is 7.36. The van der Waals surface area contributed by atoms with E-state index < -0.39 is 17.7 Å². The SMILES string of the molecule is CCCCOc1cccc(/C(O)=C2\C(=O)C(=O)N(CCCOC)C2c2cccnc2)c1. The zero-order chi connectivity index (χ0) is 22.2. The average Bonchev–Trinajstić information content (AvgIpc) is 3.05. The maximum Gasteiger partial charge on any atom is 0.295 e. The van der Waals surface area contributed by atoms with E-state index in [2.05, 4.69) is 11.9 Å². The molecule has 0 saturated carbocycles. The number of rotatable bonds is 10. The van der Waals surface area contributed by atoms with Gasteiger partial charge in [0.05, 0.1) is 18.2 Å². The molecule has 2 aromatic rings. The number of aliphatic hydroxyl groups excluding tert-OH is 1. The van der Waals surface area contributed by atoms with Crippen molar-refractivity contribution < 1.29 is 24.2 Å². The number of amides is 1. The van der Waals surface area contributed by atoms with Crippen LogP contribution in [0.5, 0.6) is 5.75 Å². The van der Waals surface area contributed by atoms with Crippen LogP contribution < -0.4 is 4.74 Å². The van der Waals surface area contributed by atoms with Crippen LogP contribution in [-0.4, -0.2) is 53.5 Å². The second kappa shape index (κ2) is 10.7. The number of aromatic nitrogens is 1. The molecule has 7 heteroatoms. The fourth-order valence-corrected chi connectivity index (χ4v) is 3.60. The zero-order valence-corrected chi connectivity index (χ0v) is 17.9. The van der Waals surface area contributed by atoms with Crippen molar-refractivity contribution in [3.63, 3.8) is 0 Å². The fourth-order valence-electron chi connectivity index (χ4n) is 3.60. The van der Waals surface area contributed by atoms with Crippen molar-refractivity contribution in [1.82, 2.24) is 9.88 Å². The van der Waals surface area contributed by atoms with Gasteiger partial charge in [0.15, 0.2) is 0 Å². The lowest BCUT2D eigenvalue weighted by atomic mass is 9.96. The summed E-state index contributed by atoms with van der Waals surface area (Å²) in [5, 5.41) is 11.1. The van der Waals surface area contributed by atoms with Gasteiger partial charge >= 0.3 is 0 Å². The number of Topliss-reactive ketones (excluding diaryl/α,β-unsaturated/α-hetero) is 1. The van der Waals surface area contributed by atoms with E-state index in [4.69, 9.17) is 9.47 Å². The Morgan fingerprint density at radius 1 is 1.16 bits per heavy atom. The first-order valence-corrected chi connectivity index (χ1v) is 10.5. The summed E-state index contributed by atoms with van der Waals surface area (Å²) in [6, 6.07) is 9.76. The Hall–Kier alpha value is -3.19. The summed E-state index contributed by atoms with van der Waals surface area (Å²) in [5.41, 5.74) is 1.15. The molecule has 31 heavy (non-hydrogen) atoms. The molecule has 1 aliphatic rings. The molecular weight excluding hydrogens is 396 g/mol. The van der Waals surface area contributed by atoms with Crippen LogP contribution in [0.1, 0.15) is 43.4 Å². The molecule has 1 aromatic heterocycles. The predicted octanol–water partition coefficient (Wildman–Crippen LogP) is 3.72. The summed E-state index contributed by atoms with van der Waals surface area (Å²) in [6.45, 7) is 3.44. The summed E-state index contributed by atoms with van der Waals surface area (Å²) in [6.07, 6.45) is 5.73. The molecule has 7 nitrogen and oxygen atoms in total. The van der Waals surface area contributed by atoms with E-state index in [-0.39, 0.29) is 11.3 Å². The second-order valence-corrected chi connectivity index (χ2v) is 7.36. The first kappa shape index (κ1) is 22.5. The average molecular weight is 424 g/mol. The lowest BCUT2D eigenvalue weighted by Gasteiger charge is -2.25. The molecule has 1 aromatic carbocycles. The van der Waals surface area contributed by atoms with E-state index in [1.54, 1.807) is 55.9 Å². The molecule has 164 valence electrons. The van der Waals surface area contributed by atoms with Crippen LogP contribution >= 0.6 is 0 Å². The predicted molar refractivity (Wildman–Crippen MR) is 117 cm³/mol. The fraction of sp³-hybridized carbons (Fsp3) is 0.375. The number of hydrogen-bond acceptors (Lipinski definition) is 6. The molecule has 2 heterocycles. The van der Waals surface area contributed by atoms with E-state index in [9.17, 15) is 14.7 Å². The number of ketones is 1. The highest BCUT2D eigenvalue weighted by Gasteiger charge is 2.45. The molecular formula is C24H28N2O5. The first-order valence-electron chi connectivity index (χ1n) is 10.5. The van der Waals surface area contributed by atoms with E-state index in [0.717, 1.165) is 12.8 Å². The molecule has 0 radical (unpaired) electrons. The van der Waals surface area contributed by atoms with Crippen molar-refractivity contribution >= 4 is 17.4 Å². The van der Waals surface area contributed by atoms with Crippen molar-refractivity contribution in [3.05, 3.63) is 65.5 Å².